The van der Waals surface area contributed by atoms with Gasteiger partial charge < -0.3 is 0 Å². The molecule has 0 saturated carbocycles. The van der Waals surface area contributed by atoms with Crippen molar-refractivity contribution in [2.75, 3.05) is 0 Å². The number of rotatable bonds is 4. The van der Waals surface area contributed by atoms with Gasteiger partial charge in [0, 0.05) is 29.1 Å². The van der Waals surface area contributed by atoms with Gasteiger partial charge >= 0.3 is 0 Å². The summed E-state index contributed by atoms with van der Waals surface area (Å²) in [6.45, 7) is 0. The van der Waals surface area contributed by atoms with Gasteiger partial charge in [-0.2, -0.15) is 0 Å². The number of benzene rings is 5. The van der Waals surface area contributed by atoms with Gasteiger partial charge in [-0.1, -0.05) is 91.0 Å². The molecule has 0 aliphatic rings. The maximum absolute atomic E-state index is 4.99. The van der Waals surface area contributed by atoms with Crippen molar-refractivity contribution < 1.29 is 0 Å². The summed E-state index contributed by atoms with van der Waals surface area (Å²) in [6.07, 6.45) is 3.56. The average Bonchev–Trinajstić information content (AvgIpc) is 3.00. The summed E-state index contributed by atoms with van der Waals surface area (Å²) in [5, 5.41) is 4.89. The van der Waals surface area contributed by atoms with Crippen molar-refractivity contribution in [3.63, 3.8) is 0 Å². The smallest absolute Gasteiger partial charge is 0.160 e. The van der Waals surface area contributed by atoms with Crippen molar-refractivity contribution in [1.82, 2.24) is 15.0 Å². The van der Waals surface area contributed by atoms with Crippen LogP contribution in [0.25, 0.3) is 66.6 Å². The second-order valence-electron chi connectivity index (χ2n) is 9.40. The Kier molecular flexibility index (Phi) is 5.45. The van der Waals surface area contributed by atoms with E-state index in [0.717, 1.165) is 28.1 Å². The Balaban J connectivity index is 1.36. The van der Waals surface area contributed by atoms with Gasteiger partial charge in [-0.25, -0.2) is 9.97 Å². The summed E-state index contributed by atoms with van der Waals surface area (Å²) in [5.74, 6) is 0.686. The summed E-state index contributed by atoms with van der Waals surface area (Å²) in [7, 11) is 0. The topological polar surface area (TPSA) is 38.7 Å². The molecule has 0 radical (unpaired) electrons. The van der Waals surface area contributed by atoms with Gasteiger partial charge in [0.25, 0.3) is 0 Å². The van der Waals surface area contributed by atoms with E-state index in [0.29, 0.717) is 5.82 Å². The van der Waals surface area contributed by atoms with Crippen LogP contribution in [0.2, 0.25) is 0 Å². The molecule has 0 aliphatic heterocycles. The van der Waals surface area contributed by atoms with Crippen LogP contribution in [0.4, 0.5) is 0 Å². The number of aromatic nitrogens is 3. The molecule has 0 aliphatic carbocycles. The first-order chi connectivity index (χ1) is 18.8. The van der Waals surface area contributed by atoms with Gasteiger partial charge in [-0.3, -0.25) is 4.98 Å². The van der Waals surface area contributed by atoms with Gasteiger partial charge in [-0.05, 0) is 69.1 Å². The molecule has 5 aromatic carbocycles. The minimum absolute atomic E-state index is 0.686. The van der Waals surface area contributed by atoms with Gasteiger partial charge in [-0.15, -0.1) is 0 Å². The van der Waals surface area contributed by atoms with E-state index in [9.17, 15) is 0 Å². The largest absolute Gasteiger partial charge is 0.265 e. The molecule has 0 saturated heterocycles. The highest BCUT2D eigenvalue weighted by molar-refractivity contribution is 5.99. The highest BCUT2D eigenvalue weighted by Gasteiger charge is 2.12. The monoisotopic (exact) mass is 485 g/mol. The summed E-state index contributed by atoms with van der Waals surface area (Å²) in [6, 6.07) is 44.5. The lowest BCUT2D eigenvalue weighted by molar-refractivity contribution is 1.18. The van der Waals surface area contributed by atoms with Gasteiger partial charge in [0.2, 0.25) is 0 Å². The summed E-state index contributed by atoms with van der Waals surface area (Å²) >= 11 is 0. The van der Waals surface area contributed by atoms with Crippen LogP contribution in [0, 0.1) is 0 Å². The van der Waals surface area contributed by atoms with Crippen LogP contribution in [0.5, 0.6) is 0 Å². The zero-order chi connectivity index (χ0) is 25.3. The molecule has 0 atom stereocenters. The number of pyridine rings is 1. The molecule has 0 N–H and O–H groups in total. The molecule has 7 aromatic rings. The second kappa shape index (κ2) is 9.38. The molecule has 38 heavy (non-hydrogen) atoms. The van der Waals surface area contributed by atoms with Crippen LogP contribution in [-0.2, 0) is 0 Å². The van der Waals surface area contributed by atoms with E-state index in [4.69, 9.17) is 9.97 Å². The zero-order valence-corrected chi connectivity index (χ0v) is 20.6. The minimum Gasteiger partial charge on any atom is -0.265 e. The highest BCUT2D eigenvalue weighted by atomic mass is 14.9. The van der Waals surface area contributed by atoms with Crippen molar-refractivity contribution in [2.45, 2.75) is 0 Å². The third-order valence-corrected chi connectivity index (χ3v) is 6.95. The van der Waals surface area contributed by atoms with Crippen molar-refractivity contribution in [3.05, 3.63) is 140 Å². The van der Waals surface area contributed by atoms with E-state index in [1.807, 2.05) is 18.2 Å². The number of nitrogens with zero attached hydrogens (tertiary/aromatic N) is 3. The first-order valence-electron chi connectivity index (χ1n) is 12.7. The van der Waals surface area contributed by atoms with E-state index in [1.54, 1.807) is 12.4 Å². The Morgan fingerprint density at radius 2 is 0.895 bits per heavy atom. The van der Waals surface area contributed by atoms with Crippen LogP contribution in [0.1, 0.15) is 0 Å². The Morgan fingerprint density at radius 3 is 1.63 bits per heavy atom. The molecule has 0 bridgehead atoms. The van der Waals surface area contributed by atoms with Crippen LogP contribution < -0.4 is 0 Å². The standard InChI is InChI=1S/C35H23N3/c1-2-6-24(7-3-1)25-10-12-26(13-11-25)33-23-34(38-35(37-33)27-16-18-36-19-17-27)31-15-14-30-20-28-8-4-5-9-29(28)21-32(30)22-31/h1-23H. The van der Waals surface area contributed by atoms with E-state index < -0.39 is 0 Å². The predicted molar refractivity (Wildman–Crippen MR) is 157 cm³/mol. The lowest BCUT2D eigenvalue weighted by Crippen LogP contribution is -1.96. The molecular formula is C35H23N3. The van der Waals surface area contributed by atoms with Crippen LogP contribution in [0.15, 0.2) is 140 Å². The summed E-state index contributed by atoms with van der Waals surface area (Å²) in [4.78, 5) is 14.1. The Morgan fingerprint density at radius 1 is 0.342 bits per heavy atom. The molecule has 3 nitrogen and oxygen atoms in total. The van der Waals surface area contributed by atoms with E-state index in [2.05, 4.69) is 114 Å². The first-order valence-corrected chi connectivity index (χ1v) is 12.7. The lowest BCUT2D eigenvalue weighted by Gasteiger charge is -2.11. The fourth-order valence-electron chi connectivity index (χ4n) is 4.94. The number of hydrogen-bond acceptors (Lipinski definition) is 3. The SMILES string of the molecule is c1ccc(-c2ccc(-c3cc(-c4ccc5cc6ccccc6cc5c4)nc(-c4ccncc4)n3)cc2)cc1. The van der Waals surface area contributed by atoms with Gasteiger partial charge in [0.05, 0.1) is 11.4 Å². The van der Waals surface area contributed by atoms with Crippen molar-refractivity contribution in [3.8, 4) is 45.0 Å². The normalized spacial score (nSPS) is 11.2. The number of fused-ring (bicyclic) bond motifs is 2. The van der Waals surface area contributed by atoms with Crippen LogP contribution in [-0.4, -0.2) is 15.0 Å². The van der Waals surface area contributed by atoms with Crippen molar-refractivity contribution >= 4 is 21.5 Å². The lowest BCUT2D eigenvalue weighted by atomic mass is 9.99. The van der Waals surface area contributed by atoms with E-state index >= 15 is 0 Å². The van der Waals surface area contributed by atoms with E-state index in [-0.39, 0.29) is 0 Å². The molecule has 0 unspecified atom stereocenters. The average molecular weight is 486 g/mol. The van der Waals surface area contributed by atoms with Crippen LogP contribution >= 0.6 is 0 Å². The molecule has 0 spiro atoms. The van der Waals surface area contributed by atoms with Crippen LogP contribution in [0.3, 0.4) is 0 Å². The Bertz CT molecular complexity index is 1890. The molecule has 178 valence electrons. The Hall–Kier alpha value is -5.15. The van der Waals surface area contributed by atoms with Gasteiger partial charge in [0.1, 0.15) is 0 Å². The fraction of sp³-hybridized carbons (Fsp3) is 0. The maximum atomic E-state index is 4.99. The molecule has 0 amide bonds. The molecule has 0 fully saturated rings. The molecular weight excluding hydrogens is 462 g/mol. The summed E-state index contributed by atoms with van der Waals surface area (Å²) in [5.41, 5.74) is 7.21. The molecule has 7 rings (SSSR count). The fourth-order valence-corrected chi connectivity index (χ4v) is 4.94. The van der Waals surface area contributed by atoms with E-state index in [1.165, 1.54) is 32.7 Å². The minimum atomic E-state index is 0.686. The first kappa shape index (κ1) is 22.1. The number of hydrogen-bond donors (Lipinski definition) is 0. The third-order valence-electron chi connectivity index (χ3n) is 6.95. The molecule has 3 heteroatoms. The predicted octanol–water partition coefficient (Wildman–Crippen LogP) is 8.85. The quantitative estimate of drug-likeness (QED) is 0.234. The Labute approximate surface area is 221 Å². The summed E-state index contributed by atoms with van der Waals surface area (Å²) < 4.78 is 0. The molecule has 2 heterocycles. The third kappa shape index (κ3) is 4.21. The second-order valence-corrected chi connectivity index (χ2v) is 9.40. The maximum Gasteiger partial charge on any atom is 0.160 e. The van der Waals surface area contributed by atoms with Gasteiger partial charge in [0.15, 0.2) is 5.82 Å². The van der Waals surface area contributed by atoms with Crippen molar-refractivity contribution in [2.24, 2.45) is 0 Å². The zero-order valence-electron chi connectivity index (χ0n) is 20.6. The highest BCUT2D eigenvalue weighted by Crippen LogP contribution is 2.31. The molecule has 2 aromatic heterocycles. The van der Waals surface area contributed by atoms with Crippen molar-refractivity contribution in [1.29, 1.82) is 0 Å².